The van der Waals surface area contributed by atoms with Crippen LogP contribution in [0.3, 0.4) is 0 Å². The second-order valence-corrected chi connectivity index (χ2v) is 8.88. The Morgan fingerprint density at radius 3 is 2.57 bits per heavy atom. The molecule has 0 saturated carbocycles. The average Bonchev–Trinajstić information content (AvgIpc) is 2.93. The van der Waals surface area contributed by atoms with Gasteiger partial charge in [-0.1, -0.05) is 84.4 Å². The van der Waals surface area contributed by atoms with Crippen molar-refractivity contribution >= 4 is 34.4 Å². The molecule has 0 aliphatic heterocycles. The summed E-state index contributed by atoms with van der Waals surface area (Å²) in [4.78, 5) is 12.6. The fraction of sp³-hybridized carbons (Fsp3) is 0.161. The predicted molar refractivity (Wildman–Crippen MR) is 148 cm³/mol. The van der Waals surface area contributed by atoms with Crippen LogP contribution in [-0.4, -0.2) is 19.6 Å². The lowest BCUT2D eigenvalue weighted by Gasteiger charge is -2.14. The molecule has 0 radical (unpaired) electrons. The SMILES string of the molecule is COc1cc(/C=C(/C#N)C(=O)NCCCc2ccccc2)cc(Cl)c1OCc1cccc2ccccc12. The van der Waals surface area contributed by atoms with Gasteiger partial charge in [-0.3, -0.25) is 4.79 Å². The van der Waals surface area contributed by atoms with Crippen LogP contribution in [0, 0.1) is 11.3 Å². The van der Waals surface area contributed by atoms with Crippen LogP contribution in [0.15, 0.2) is 90.5 Å². The van der Waals surface area contributed by atoms with E-state index in [1.165, 1.54) is 18.7 Å². The van der Waals surface area contributed by atoms with Crippen molar-refractivity contribution in [3.05, 3.63) is 112 Å². The number of methoxy groups -OCH3 is 1. The molecule has 0 aliphatic carbocycles. The van der Waals surface area contributed by atoms with Crippen LogP contribution >= 0.6 is 11.6 Å². The minimum Gasteiger partial charge on any atom is -0.493 e. The maximum Gasteiger partial charge on any atom is 0.261 e. The number of carbonyl (C=O) groups excluding carboxylic acids is 1. The molecule has 0 bridgehead atoms. The highest BCUT2D eigenvalue weighted by atomic mass is 35.5. The lowest BCUT2D eigenvalue weighted by molar-refractivity contribution is -0.117. The minimum atomic E-state index is -0.429. The third kappa shape index (κ3) is 6.69. The predicted octanol–water partition coefficient (Wildman–Crippen LogP) is 6.74. The Kier molecular flexibility index (Phi) is 8.80. The number of fused-ring (bicyclic) bond motifs is 1. The molecule has 5 nitrogen and oxygen atoms in total. The Bertz CT molecular complexity index is 1450. The van der Waals surface area contributed by atoms with E-state index in [0.29, 0.717) is 35.2 Å². The van der Waals surface area contributed by atoms with Gasteiger partial charge in [0.25, 0.3) is 5.91 Å². The number of amides is 1. The topological polar surface area (TPSA) is 71.3 Å². The van der Waals surface area contributed by atoms with Gasteiger partial charge in [-0.2, -0.15) is 5.26 Å². The van der Waals surface area contributed by atoms with E-state index < -0.39 is 5.91 Å². The Balaban J connectivity index is 1.44. The number of nitriles is 1. The number of hydrogen-bond acceptors (Lipinski definition) is 4. The molecule has 4 aromatic carbocycles. The van der Waals surface area contributed by atoms with Gasteiger partial charge in [0.1, 0.15) is 18.2 Å². The maximum atomic E-state index is 12.6. The second kappa shape index (κ2) is 12.6. The van der Waals surface area contributed by atoms with Gasteiger partial charge in [-0.05, 0) is 58.5 Å². The number of halogens is 1. The van der Waals surface area contributed by atoms with E-state index in [9.17, 15) is 10.1 Å². The largest absolute Gasteiger partial charge is 0.493 e. The first-order chi connectivity index (χ1) is 18.1. The fourth-order valence-corrected chi connectivity index (χ4v) is 4.35. The fourth-order valence-electron chi connectivity index (χ4n) is 4.08. The molecule has 0 unspecified atom stereocenters. The highest BCUT2D eigenvalue weighted by molar-refractivity contribution is 6.32. The van der Waals surface area contributed by atoms with Crippen molar-refractivity contribution in [2.24, 2.45) is 0 Å². The quantitative estimate of drug-likeness (QED) is 0.146. The normalized spacial score (nSPS) is 11.1. The summed E-state index contributed by atoms with van der Waals surface area (Å²) in [6.45, 7) is 0.777. The Morgan fingerprint density at radius 1 is 1.03 bits per heavy atom. The molecule has 4 aromatic rings. The van der Waals surface area contributed by atoms with Gasteiger partial charge in [0.15, 0.2) is 11.5 Å². The van der Waals surface area contributed by atoms with Crippen LogP contribution in [-0.2, 0) is 17.8 Å². The first-order valence-corrected chi connectivity index (χ1v) is 12.4. The van der Waals surface area contributed by atoms with Crippen molar-refractivity contribution in [2.45, 2.75) is 19.4 Å². The molecule has 0 atom stereocenters. The van der Waals surface area contributed by atoms with Gasteiger partial charge >= 0.3 is 0 Å². The van der Waals surface area contributed by atoms with E-state index in [4.69, 9.17) is 21.1 Å². The first kappa shape index (κ1) is 25.8. The molecule has 0 aromatic heterocycles. The Labute approximate surface area is 221 Å². The highest BCUT2D eigenvalue weighted by Gasteiger charge is 2.15. The summed E-state index contributed by atoms with van der Waals surface area (Å²) in [5.74, 6) is 0.389. The summed E-state index contributed by atoms with van der Waals surface area (Å²) in [5.41, 5.74) is 2.78. The summed E-state index contributed by atoms with van der Waals surface area (Å²) < 4.78 is 11.6. The van der Waals surface area contributed by atoms with Gasteiger partial charge in [0.05, 0.1) is 12.1 Å². The van der Waals surface area contributed by atoms with Crippen molar-refractivity contribution in [1.29, 1.82) is 5.26 Å². The summed E-state index contributed by atoms with van der Waals surface area (Å²) in [6, 6.07) is 29.5. The van der Waals surface area contributed by atoms with Crippen molar-refractivity contribution in [3.8, 4) is 17.6 Å². The summed E-state index contributed by atoms with van der Waals surface area (Å²) >= 11 is 6.55. The number of nitrogens with one attached hydrogen (secondary N) is 1. The van der Waals surface area contributed by atoms with Crippen LogP contribution in [0.2, 0.25) is 5.02 Å². The third-order valence-corrected chi connectivity index (χ3v) is 6.23. The van der Waals surface area contributed by atoms with Crippen LogP contribution in [0.4, 0.5) is 0 Å². The van der Waals surface area contributed by atoms with Crippen molar-refractivity contribution in [3.63, 3.8) is 0 Å². The van der Waals surface area contributed by atoms with Gasteiger partial charge in [0.2, 0.25) is 0 Å². The molecule has 0 fully saturated rings. The molecule has 0 heterocycles. The zero-order chi connectivity index (χ0) is 26.0. The molecule has 4 rings (SSSR count). The smallest absolute Gasteiger partial charge is 0.261 e. The number of aryl methyl sites for hydroxylation is 1. The van der Waals surface area contributed by atoms with E-state index in [-0.39, 0.29) is 5.57 Å². The van der Waals surface area contributed by atoms with Crippen LogP contribution in [0.5, 0.6) is 11.5 Å². The standard InChI is InChI=1S/C31H27ClN2O3/c1-36-29-19-23(17-26(20-33)31(35)34-16-8-11-22-9-3-2-4-10-22)18-28(32)30(29)37-21-25-14-7-13-24-12-5-6-15-27(24)25/h2-7,9-10,12-15,17-19H,8,11,16,21H2,1H3,(H,34,35)/b26-17-. The van der Waals surface area contributed by atoms with Gasteiger partial charge < -0.3 is 14.8 Å². The monoisotopic (exact) mass is 510 g/mol. The lowest BCUT2D eigenvalue weighted by Crippen LogP contribution is -2.25. The van der Waals surface area contributed by atoms with Crippen LogP contribution in [0.1, 0.15) is 23.1 Å². The average molecular weight is 511 g/mol. The Hall–Kier alpha value is -4.27. The molecule has 0 saturated heterocycles. The van der Waals surface area contributed by atoms with E-state index in [2.05, 4.69) is 35.6 Å². The number of ether oxygens (including phenoxy) is 2. The number of nitrogens with zero attached hydrogens (tertiary/aromatic N) is 1. The van der Waals surface area contributed by atoms with Crippen molar-refractivity contribution < 1.29 is 14.3 Å². The van der Waals surface area contributed by atoms with E-state index >= 15 is 0 Å². The zero-order valence-corrected chi connectivity index (χ0v) is 21.3. The molecular weight excluding hydrogens is 484 g/mol. The number of rotatable bonds is 10. The number of hydrogen-bond donors (Lipinski definition) is 1. The summed E-state index contributed by atoms with van der Waals surface area (Å²) in [6.07, 6.45) is 3.12. The number of benzene rings is 4. The molecule has 1 amide bonds. The second-order valence-electron chi connectivity index (χ2n) is 8.48. The lowest BCUT2D eigenvalue weighted by atomic mass is 10.1. The van der Waals surface area contributed by atoms with Gasteiger partial charge in [0, 0.05) is 6.54 Å². The molecule has 0 aliphatic rings. The molecule has 1 N–H and O–H groups in total. The van der Waals surface area contributed by atoms with Crippen LogP contribution < -0.4 is 14.8 Å². The molecule has 6 heteroatoms. The number of carbonyl (C=O) groups is 1. The maximum absolute atomic E-state index is 12.6. The molecule has 37 heavy (non-hydrogen) atoms. The molecule has 0 spiro atoms. The van der Waals surface area contributed by atoms with Crippen molar-refractivity contribution in [1.82, 2.24) is 5.32 Å². The van der Waals surface area contributed by atoms with Gasteiger partial charge in [-0.15, -0.1) is 0 Å². The molecular formula is C31H27ClN2O3. The summed E-state index contributed by atoms with van der Waals surface area (Å²) in [5, 5.41) is 14.9. The zero-order valence-electron chi connectivity index (χ0n) is 20.5. The summed E-state index contributed by atoms with van der Waals surface area (Å²) in [7, 11) is 1.52. The third-order valence-electron chi connectivity index (χ3n) is 5.95. The van der Waals surface area contributed by atoms with E-state index in [1.807, 2.05) is 48.5 Å². The van der Waals surface area contributed by atoms with Crippen LogP contribution in [0.25, 0.3) is 16.8 Å². The minimum absolute atomic E-state index is 0.0118. The van der Waals surface area contributed by atoms with Gasteiger partial charge in [-0.25, -0.2) is 0 Å². The Morgan fingerprint density at radius 2 is 1.78 bits per heavy atom. The molecule has 186 valence electrons. The van der Waals surface area contributed by atoms with Crippen molar-refractivity contribution in [2.75, 3.05) is 13.7 Å². The van der Waals surface area contributed by atoms with E-state index in [1.54, 1.807) is 12.1 Å². The van der Waals surface area contributed by atoms with E-state index in [0.717, 1.165) is 29.2 Å². The first-order valence-electron chi connectivity index (χ1n) is 12.0. The highest BCUT2D eigenvalue weighted by Crippen LogP contribution is 2.38.